The van der Waals surface area contributed by atoms with Crippen LogP contribution in [0, 0.1) is 5.92 Å². The van der Waals surface area contributed by atoms with Gasteiger partial charge in [0.15, 0.2) is 0 Å². The monoisotopic (exact) mass is 263 g/mol. The fourth-order valence-corrected chi connectivity index (χ4v) is 3.70. The fourth-order valence-electron chi connectivity index (χ4n) is 3.70. The number of rotatable bonds is 2. The van der Waals surface area contributed by atoms with Gasteiger partial charge in [-0.25, -0.2) is 0 Å². The van der Waals surface area contributed by atoms with Gasteiger partial charge in [0.05, 0.1) is 5.92 Å². The van der Waals surface area contributed by atoms with Crippen molar-refractivity contribution in [3.63, 3.8) is 0 Å². The van der Waals surface area contributed by atoms with Gasteiger partial charge >= 0.3 is 0 Å². The standard InChI is InChI=1S/C15H25N3O/c16-13-4-3-12(11-13)15(19)18-9-5-14(6-10-18)17-7-1-2-8-17/h3-4,12-14H,1-2,5-11,16H2. The summed E-state index contributed by atoms with van der Waals surface area (Å²) in [6, 6.07) is 0.795. The van der Waals surface area contributed by atoms with Gasteiger partial charge < -0.3 is 15.5 Å². The van der Waals surface area contributed by atoms with E-state index in [4.69, 9.17) is 5.73 Å². The topological polar surface area (TPSA) is 49.6 Å². The summed E-state index contributed by atoms with van der Waals surface area (Å²) in [6.45, 7) is 4.39. The van der Waals surface area contributed by atoms with E-state index in [1.165, 1.54) is 25.9 Å². The Hall–Kier alpha value is -0.870. The highest BCUT2D eigenvalue weighted by atomic mass is 16.2. The molecule has 0 radical (unpaired) electrons. The molecule has 106 valence electrons. The summed E-state index contributed by atoms with van der Waals surface area (Å²) < 4.78 is 0. The van der Waals surface area contributed by atoms with E-state index in [1.54, 1.807) is 0 Å². The van der Waals surface area contributed by atoms with Crippen LogP contribution in [0.4, 0.5) is 0 Å². The van der Waals surface area contributed by atoms with Crippen LogP contribution in [0.1, 0.15) is 32.1 Å². The van der Waals surface area contributed by atoms with Crippen molar-refractivity contribution >= 4 is 5.91 Å². The Morgan fingerprint density at radius 3 is 2.32 bits per heavy atom. The van der Waals surface area contributed by atoms with E-state index in [-0.39, 0.29) is 12.0 Å². The van der Waals surface area contributed by atoms with Crippen molar-refractivity contribution in [2.75, 3.05) is 26.2 Å². The van der Waals surface area contributed by atoms with Crippen molar-refractivity contribution in [2.24, 2.45) is 11.7 Å². The van der Waals surface area contributed by atoms with Crippen molar-refractivity contribution in [1.82, 2.24) is 9.80 Å². The SMILES string of the molecule is NC1C=CC(C(=O)N2CCC(N3CCCC3)CC2)C1. The molecule has 2 atom stereocenters. The quantitative estimate of drug-likeness (QED) is 0.756. The number of nitrogens with two attached hydrogens (primary N) is 1. The maximum atomic E-state index is 12.4. The van der Waals surface area contributed by atoms with Crippen molar-refractivity contribution < 1.29 is 4.79 Å². The lowest BCUT2D eigenvalue weighted by Crippen LogP contribution is -2.47. The molecule has 2 heterocycles. The van der Waals surface area contributed by atoms with Crippen LogP contribution in [0.3, 0.4) is 0 Å². The second-order valence-corrected chi connectivity index (χ2v) is 6.19. The van der Waals surface area contributed by atoms with E-state index >= 15 is 0 Å². The van der Waals surface area contributed by atoms with Gasteiger partial charge in [0.1, 0.15) is 0 Å². The van der Waals surface area contributed by atoms with E-state index in [0.717, 1.165) is 32.4 Å². The molecular formula is C15H25N3O. The fraction of sp³-hybridized carbons (Fsp3) is 0.800. The Labute approximate surface area is 115 Å². The van der Waals surface area contributed by atoms with E-state index in [9.17, 15) is 4.79 Å². The molecule has 0 aromatic rings. The molecule has 4 nitrogen and oxygen atoms in total. The predicted molar refractivity (Wildman–Crippen MR) is 75.6 cm³/mol. The molecule has 3 rings (SSSR count). The number of carbonyl (C=O) groups excluding carboxylic acids is 1. The molecule has 0 saturated carbocycles. The zero-order chi connectivity index (χ0) is 13.2. The van der Waals surface area contributed by atoms with Gasteiger partial charge in [-0.1, -0.05) is 12.2 Å². The third-order valence-corrected chi connectivity index (χ3v) is 4.87. The average molecular weight is 263 g/mol. The van der Waals surface area contributed by atoms with Gasteiger partial charge in [-0.3, -0.25) is 4.79 Å². The lowest BCUT2D eigenvalue weighted by atomic mass is 10.0. The third kappa shape index (κ3) is 2.84. The number of amides is 1. The second kappa shape index (κ2) is 5.63. The lowest BCUT2D eigenvalue weighted by molar-refractivity contribution is -0.135. The maximum absolute atomic E-state index is 12.4. The Morgan fingerprint density at radius 1 is 1.05 bits per heavy atom. The first-order valence-corrected chi connectivity index (χ1v) is 7.71. The highest BCUT2D eigenvalue weighted by Gasteiger charge is 2.32. The molecule has 0 bridgehead atoms. The number of carbonyl (C=O) groups is 1. The summed E-state index contributed by atoms with van der Waals surface area (Å²) in [6.07, 6.45) is 9.76. The number of nitrogens with zero attached hydrogens (tertiary/aromatic N) is 2. The molecule has 0 aromatic heterocycles. The summed E-state index contributed by atoms with van der Waals surface area (Å²) in [5.74, 6) is 0.336. The van der Waals surface area contributed by atoms with Gasteiger partial charge in [-0.2, -0.15) is 0 Å². The van der Waals surface area contributed by atoms with Crippen LogP contribution in [0.15, 0.2) is 12.2 Å². The highest BCUT2D eigenvalue weighted by Crippen LogP contribution is 2.24. The van der Waals surface area contributed by atoms with Crippen LogP contribution in [0.25, 0.3) is 0 Å². The molecule has 2 saturated heterocycles. The number of likely N-dealkylation sites (tertiary alicyclic amines) is 2. The Bertz CT molecular complexity index is 354. The summed E-state index contributed by atoms with van der Waals surface area (Å²) in [4.78, 5) is 17.1. The zero-order valence-corrected chi connectivity index (χ0v) is 11.6. The van der Waals surface area contributed by atoms with E-state index in [2.05, 4.69) is 9.80 Å². The molecule has 2 N–H and O–H groups in total. The predicted octanol–water partition coefficient (Wildman–Crippen LogP) is 0.977. The Kier molecular flexibility index (Phi) is 3.89. The molecule has 2 unspecified atom stereocenters. The second-order valence-electron chi connectivity index (χ2n) is 6.19. The minimum atomic E-state index is 0.0401. The van der Waals surface area contributed by atoms with Crippen LogP contribution < -0.4 is 5.73 Å². The van der Waals surface area contributed by atoms with E-state index in [1.807, 2.05) is 12.2 Å². The Balaban J connectivity index is 1.49. The summed E-state index contributed by atoms with van der Waals surface area (Å²) >= 11 is 0. The third-order valence-electron chi connectivity index (χ3n) is 4.87. The molecule has 1 aliphatic carbocycles. The molecule has 3 aliphatic rings. The van der Waals surface area contributed by atoms with Crippen molar-refractivity contribution in [3.05, 3.63) is 12.2 Å². The van der Waals surface area contributed by atoms with Crippen LogP contribution in [-0.2, 0) is 4.79 Å². The largest absolute Gasteiger partial charge is 0.342 e. The molecule has 2 fully saturated rings. The van der Waals surface area contributed by atoms with Crippen LogP contribution >= 0.6 is 0 Å². The van der Waals surface area contributed by atoms with Crippen molar-refractivity contribution in [1.29, 1.82) is 0 Å². The smallest absolute Gasteiger partial charge is 0.229 e. The van der Waals surface area contributed by atoms with Gasteiger partial charge in [-0.15, -0.1) is 0 Å². The average Bonchev–Trinajstić information content (AvgIpc) is 3.09. The molecule has 2 aliphatic heterocycles. The summed E-state index contributed by atoms with van der Waals surface area (Å²) in [5.41, 5.74) is 5.83. The molecule has 0 spiro atoms. The van der Waals surface area contributed by atoms with E-state index in [0.29, 0.717) is 11.9 Å². The number of hydrogen-bond donors (Lipinski definition) is 1. The minimum Gasteiger partial charge on any atom is -0.342 e. The van der Waals surface area contributed by atoms with Crippen molar-refractivity contribution in [2.45, 2.75) is 44.2 Å². The van der Waals surface area contributed by atoms with Gasteiger partial charge in [0.2, 0.25) is 5.91 Å². The van der Waals surface area contributed by atoms with Gasteiger partial charge in [0, 0.05) is 25.2 Å². The lowest BCUT2D eigenvalue weighted by Gasteiger charge is -2.37. The summed E-state index contributed by atoms with van der Waals surface area (Å²) in [5, 5.41) is 0. The van der Waals surface area contributed by atoms with E-state index < -0.39 is 0 Å². The molecule has 4 heteroatoms. The maximum Gasteiger partial charge on any atom is 0.229 e. The molecule has 19 heavy (non-hydrogen) atoms. The molecule has 1 amide bonds. The molecular weight excluding hydrogens is 238 g/mol. The minimum absolute atomic E-state index is 0.0401. The van der Waals surface area contributed by atoms with Crippen LogP contribution in [0.5, 0.6) is 0 Å². The van der Waals surface area contributed by atoms with Gasteiger partial charge in [0.25, 0.3) is 0 Å². The normalized spacial score (nSPS) is 33.2. The first-order chi connectivity index (χ1) is 9.24. The van der Waals surface area contributed by atoms with Crippen LogP contribution in [0.2, 0.25) is 0 Å². The van der Waals surface area contributed by atoms with Crippen LogP contribution in [-0.4, -0.2) is 54.0 Å². The Morgan fingerprint density at radius 2 is 1.74 bits per heavy atom. The first kappa shape index (κ1) is 13.1. The summed E-state index contributed by atoms with van der Waals surface area (Å²) in [7, 11) is 0. The number of piperidine rings is 1. The van der Waals surface area contributed by atoms with Gasteiger partial charge in [-0.05, 0) is 45.2 Å². The number of hydrogen-bond acceptors (Lipinski definition) is 3. The molecule has 0 aromatic carbocycles. The highest BCUT2D eigenvalue weighted by molar-refractivity contribution is 5.81. The van der Waals surface area contributed by atoms with Crippen molar-refractivity contribution in [3.8, 4) is 0 Å². The zero-order valence-electron chi connectivity index (χ0n) is 11.6. The first-order valence-electron chi connectivity index (χ1n) is 7.71.